The van der Waals surface area contributed by atoms with Crippen LogP contribution in [-0.4, -0.2) is 28.2 Å². The molecule has 4 rings (SSSR count). The summed E-state index contributed by atoms with van der Waals surface area (Å²) in [6.45, 7) is 8.38. The molecular formula is C20H20N4O. The molecule has 2 aromatic rings. The van der Waals surface area contributed by atoms with Crippen molar-refractivity contribution in [1.82, 2.24) is 15.5 Å². The Labute approximate surface area is 146 Å². The highest BCUT2D eigenvalue weighted by atomic mass is 16.2. The van der Waals surface area contributed by atoms with Crippen molar-refractivity contribution in [3.05, 3.63) is 73.2 Å². The molecule has 0 aliphatic carbocycles. The molecule has 0 saturated carbocycles. The van der Waals surface area contributed by atoms with Crippen LogP contribution in [0, 0.1) is 0 Å². The molecule has 25 heavy (non-hydrogen) atoms. The number of carbonyl (C=O) groups is 1. The van der Waals surface area contributed by atoms with Gasteiger partial charge in [-0.05, 0) is 35.8 Å². The Hall–Kier alpha value is -3.08. The van der Waals surface area contributed by atoms with Gasteiger partial charge in [-0.25, -0.2) is 0 Å². The highest BCUT2D eigenvalue weighted by Gasteiger charge is 2.50. The Morgan fingerprint density at radius 1 is 1.16 bits per heavy atom. The average molecular weight is 332 g/mol. The normalized spacial score (nSPS) is 22.6. The maximum absolute atomic E-state index is 13.1. The predicted octanol–water partition coefficient (Wildman–Crippen LogP) is 3.17. The van der Waals surface area contributed by atoms with E-state index in [9.17, 15) is 4.79 Å². The topological polar surface area (TPSA) is 61.0 Å². The van der Waals surface area contributed by atoms with Gasteiger partial charge in [0.15, 0.2) is 0 Å². The van der Waals surface area contributed by atoms with Crippen LogP contribution in [0.1, 0.15) is 12.8 Å². The molecule has 3 heterocycles. The number of nitrogens with one attached hydrogen (secondary N) is 2. The number of amides is 1. The Bertz CT molecular complexity index is 842. The minimum Gasteiger partial charge on any atom is -0.371 e. The van der Waals surface area contributed by atoms with Gasteiger partial charge >= 0.3 is 0 Å². The minimum atomic E-state index is -0.559. The van der Waals surface area contributed by atoms with E-state index in [1.807, 2.05) is 41.4 Å². The van der Waals surface area contributed by atoms with Gasteiger partial charge in [0.25, 0.3) is 5.91 Å². The number of nitrogens with zero attached hydrogens (tertiary/aromatic N) is 2. The molecule has 0 radical (unpaired) electrons. The van der Waals surface area contributed by atoms with E-state index < -0.39 is 5.54 Å². The summed E-state index contributed by atoms with van der Waals surface area (Å²) in [7, 11) is 0. The molecule has 1 atom stereocenters. The van der Waals surface area contributed by atoms with Crippen molar-refractivity contribution in [3.8, 4) is 11.1 Å². The number of benzene rings is 1. The van der Waals surface area contributed by atoms with Crippen molar-refractivity contribution in [3.63, 3.8) is 0 Å². The summed E-state index contributed by atoms with van der Waals surface area (Å²) in [5.41, 5.74) is 4.44. The SMILES string of the molecule is C=CC1=C(C=C)NC2(CCN(c3ccc(-c4cn[nH]c4)cc3)C2=O)C1. The third-order valence-corrected chi connectivity index (χ3v) is 5.09. The Morgan fingerprint density at radius 3 is 2.56 bits per heavy atom. The second kappa shape index (κ2) is 5.77. The van der Waals surface area contributed by atoms with Gasteiger partial charge in [0.2, 0.25) is 0 Å². The number of allylic oxidation sites excluding steroid dienone is 2. The third-order valence-electron chi connectivity index (χ3n) is 5.09. The number of rotatable bonds is 4. The van der Waals surface area contributed by atoms with E-state index in [-0.39, 0.29) is 5.91 Å². The molecule has 1 aromatic heterocycles. The number of anilines is 1. The third kappa shape index (κ3) is 2.39. The maximum Gasteiger partial charge on any atom is 0.253 e. The Morgan fingerprint density at radius 2 is 1.96 bits per heavy atom. The van der Waals surface area contributed by atoms with Crippen LogP contribution >= 0.6 is 0 Å². The molecule has 1 amide bonds. The van der Waals surface area contributed by atoms with Crippen LogP contribution < -0.4 is 10.2 Å². The number of carbonyl (C=O) groups excluding carboxylic acids is 1. The van der Waals surface area contributed by atoms with Crippen molar-refractivity contribution in [2.75, 3.05) is 11.4 Å². The fourth-order valence-electron chi connectivity index (χ4n) is 3.71. The molecule has 5 nitrogen and oxygen atoms in total. The second-order valence-corrected chi connectivity index (χ2v) is 6.47. The average Bonchev–Trinajstić information content (AvgIpc) is 3.36. The van der Waals surface area contributed by atoms with E-state index >= 15 is 0 Å². The lowest BCUT2D eigenvalue weighted by Crippen LogP contribution is -2.48. The summed E-state index contributed by atoms with van der Waals surface area (Å²) >= 11 is 0. The van der Waals surface area contributed by atoms with Crippen LogP contribution in [0.5, 0.6) is 0 Å². The molecular weight excluding hydrogens is 312 g/mol. The van der Waals surface area contributed by atoms with E-state index in [0.29, 0.717) is 13.0 Å². The van der Waals surface area contributed by atoms with E-state index in [1.165, 1.54) is 0 Å². The first-order chi connectivity index (χ1) is 12.2. The highest BCUT2D eigenvalue weighted by Crippen LogP contribution is 2.39. The first-order valence-corrected chi connectivity index (χ1v) is 8.34. The quantitative estimate of drug-likeness (QED) is 0.904. The van der Waals surface area contributed by atoms with Gasteiger partial charge in [-0.1, -0.05) is 31.4 Å². The lowest BCUT2D eigenvalue weighted by atomic mass is 9.93. The number of hydrogen-bond acceptors (Lipinski definition) is 3. The first-order valence-electron chi connectivity index (χ1n) is 8.34. The lowest BCUT2D eigenvalue weighted by molar-refractivity contribution is -0.122. The van der Waals surface area contributed by atoms with Crippen LogP contribution in [-0.2, 0) is 4.79 Å². The van der Waals surface area contributed by atoms with Crippen LogP contribution in [0.3, 0.4) is 0 Å². The van der Waals surface area contributed by atoms with Crippen LogP contribution in [0.4, 0.5) is 5.69 Å². The lowest BCUT2D eigenvalue weighted by Gasteiger charge is -2.25. The summed E-state index contributed by atoms with van der Waals surface area (Å²) in [5.74, 6) is 0.111. The van der Waals surface area contributed by atoms with Gasteiger partial charge in [0.05, 0.1) is 6.20 Å². The summed E-state index contributed by atoms with van der Waals surface area (Å²) < 4.78 is 0. The van der Waals surface area contributed by atoms with Crippen molar-refractivity contribution >= 4 is 11.6 Å². The molecule has 1 saturated heterocycles. The van der Waals surface area contributed by atoms with E-state index in [2.05, 4.69) is 28.7 Å². The highest BCUT2D eigenvalue weighted by molar-refractivity contribution is 6.03. The molecule has 1 fully saturated rings. The second-order valence-electron chi connectivity index (χ2n) is 6.47. The summed E-state index contributed by atoms with van der Waals surface area (Å²) in [5, 5.41) is 10.2. The standard InChI is InChI=1S/C20H20N4O/c1-3-14-11-20(23-18(14)4-2)9-10-24(19(20)25)17-7-5-15(6-8-17)16-12-21-22-13-16/h3-8,12-13,23H,1-2,9-11H2,(H,21,22). The number of aromatic nitrogens is 2. The van der Waals surface area contributed by atoms with Crippen molar-refractivity contribution in [2.45, 2.75) is 18.4 Å². The Kier molecular flexibility index (Phi) is 3.57. The van der Waals surface area contributed by atoms with E-state index in [1.54, 1.807) is 12.3 Å². The van der Waals surface area contributed by atoms with Crippen molar-refractivity contribution < 1.29 is 4.79 Å². The summed E-state index contributed by atoms with van der Waals surface area (Å²) in [4.78, 5) is 15.0. The van der Waals surface area contributed by atoms with Gasteiger partial charge in [-0.15, -0.1) is 0 Å². The molecule has 0 bridgehead atoms. The zero-order valence-corrected chi connectivity index (χ0v) is 14.0. The maximum atomic E-state index is 13.1. The van der Waals surface area contributed by atoms with Gasteiger partial charge in [-0.3, -0.25) is 9.89 Å². The fourth-order valence-corrected chi connectivity index (χ4v) is 3.71. The van der Waals surface area contributed by atoms with Gasteiger partial charge in [0, 0.05) is 36.1 Å². The number of H-pyrrole nitrogens is 1. The molecule has 2 aliphatic heterocycles. The van der Waals surface area contributed by atoms with E-state index in [4.69, 9.17) is 0 Å². The number of hydrogen-bond donors (Lipinski definition) is 2. The smallest absolute Gasteiger partial charge is 0.253 e. The molecule has 1 spiro atoms. The largest absolute Gasteiger partial charge is 0.371 e. The monoisotopic (exact) mass is 332 g/mol. The molecule has 1 unspecified atom stereocenters. The molecule has 5 heteroatoms. The molecule has 2 aliphatic rings. The molecule has 1 aromatic carbocycles. The van der Waals surface area contributed by atoms with Gasteiger partial charge in [-0.2, -0.15) is 5.10 Å². The molecule has 126 valence electrons. The summed E-state index contributed by atoms with van der Waals surface area (Å²) in [6.07, 6.45) is 8.65. The Balaban J connectivity index is 1.57. The van der Waals surface area contributed by atoms with E-state index in [0.717, 1.165) is 34.5 Å². The van der Waals surface area contributed by atoms with Crippen LogP contribution in [0.15, 0.2) is 73.2 Å². The first kappa shape index (κ1) is 15.4. The van der Waals surface area contributed by atoms with Gasteiger partial charge < -0.3 is 10.2 Å². The summed E-state index contributed by atoms with van der Waals surface area (Å²) in [6, 6.07) is 8.02. The van der Waals surface area contributed by atoms with Gasteiger partial charge in [0.1, 0.15) is 5.54 Å². The van der Waals surface area contributed by atoms with Crippen molar-refractivity contribution in [1.29, 1.82) is 0 Å². The predicted molar refractivity (Wildman–Crippen MR) is 98.9 cm³/mol. The molecule has 2 N–H and O–H groups in total. The number of aromatic amines is 1. The van der Waals surface area contributed by atoms with Crippen LogP contribution in [0.2, 0.25) is 0 Å². The fraction of sp³-hybridized carbons (Fsp3) is 0.200. The minimum absolute atomic E-state index is 0.111. The zero-order chi connectivity index (χ0) is 17.4. The zero-order valence-electron chi connectivity index (χ0n) is 14.0. The van der Waals surface area contributed by atoms with Crippen molar-refractivity contribution in [2.24, 2.45) is 0 Å². The van der Waals surface area contributed by atoms with Crippen LogP contribution in [0.25, 0.3) is 11.1 Å².